The van der Waals surface area contributed by atoms with Gasteiger partial charge in [-0.15, -0.1) is 0 Å². The van der Waals surface area contributed by atoms with Crippen molar-refractivity contribution in [1.82, 2.24) is 5.32 Å². The molecule has 0 bridgehead atoms. The van der Waals surface area contributed by atoms with E-state index >= 15 is 0 Å². The number of nitrogens with two attached hydrogens (primary N) is 1. The average molecular weight is 229 g/mol. The first kappa shape index (κ1) is 14.7. The molecular weight excluding hydrogens is 206 g/mol. The zero-order valence-corrected chi connectivity index (χ0v) is 10.2. The van der Waals surface area contributed by atoms with Crippen molar-refractivity contribution in [2.24, 2.45) is 10.9 Å². The van der Waals surface area contributed by atoms with E-state index in [0.717, 1.165) is 12.8 Å². The van der Waals surface area contributed by atoms with Crippen LogP contribution in [0.15, 0.2) is 5.16 Å². The van der Waals surface area contributed by atoms with Gasteiger partial charge >= 0.3 is 0 Å². The minimum absolute atomic E-state index is 0.0458. The molecule has 0 aliphatic heterocycles. The van der Waals surface area contributed by atoms with Crippen molar-refractivity contribution in [2.45, 2.75) is 58.4 Å². The third-order valence-electron chi connectivity index (χ3n) is 2.37. The summed E-state index contributed by atoms with van der Waals surface area (Å²) in [6.07, 6.45) is 5.71. The zero-order chi connectivity index (χ0) is 12.4. The predicted molar refractivity (Wildman–Crippen MR) is 64.4 cm³/mol. The van der Waals surface area contributed by atoms with E-state index in [4.69, 9.17) is 10.9 Å². The molecule has 0 spiro atoms. The highest BCUT2D eigenvalue weighted by Gasteiger charge is 2.08. The standard InChI is InChI=1S/C11H23N3O2/c1-3-4-5-6-7-9(2)13-11(15)8-10(12)14-16/h9,16H,3-8H2,1-2H3,(H2,12,14)(H,13,15). The van der Waals surface area contributed by atoms with Crippen molar-refractivity contribution >= 4 is 11.7 Å². The summed E-state index contributed by atoms with van der Waals surface area (Å²) in [6, 6.07) is 0.149. The maximum Gasteiger partial charge on any atom is 0.227 e. The fraction of sp³-hybridized carbons (Fsp3) is 0.818. The molecule has 0 saturated carbocycles. The Hall–Kier alpha value is -1.26. The lowest BCUT2D eigenvalue weighted by molar-refractivity contribution is -0.120. The molecule has 0 aliphatic carbocycles. The van der Waals surface area contributed by atoms with E-state index < -0.39 is 0 Å². The van der Waals surface area contributed by atoms with Crippen molar-refractivity contribution in [1.29, 1.82) is 0 Å². The lowest BCUT2D eigenvalue weighted by atomic mass is 10.1. The summed E-state index contributed by atoms with van der Waals surface area (Å²) in [5, 5.41) is 13.9. The summed E-state index contributed by atoms with van der Waals surface area (Å²) in [4.78, 5) is 11.3. The number of carbonyl (C=O) groups is 1. The highest BCUT2D eigenvalue weighted by molar-refractivity contribution is 5.98. The van der Waals surface area contributed by atoms with E-state index in [9.17, 15) is 4.79 Å². The van der Waals surface area contributed by atoms with Gasteiger partial charge in [0, 0.05) is 6.04 Å². The van der Waals surface area contributed by atoms with Gasteiger partial charge in [-0.3, -0.25) is 4.79 Å². The number of amides is 1. The molecule has 1 atom stereocenters. The maximum atomic E-state index is 11.3. The number of oxime groups is 1. The summed E-state index contributed by atoms with van der Waals surface area (Å²) < 4.78 is 0. The lowest BCUT2D eigenvalue weighted by Crippen LogP contribution is -2.35. The van der Waals surface area contributed by atoms with Gasteiger partial charge in [0.25, 0.3) is 0 Å². The highest BCUT2D eigenvalue weighted by atomic mass is 16.4. The number of carbonyl (C=O) groups excluding carboxylic acids is 1. The number of nitrogens with one attached hydrogen (secondary N) is 1. The summed E-state index contributed by atoms with van der Waals surface area (Å²) in [7, 11) is 0. The first-order valence-corrected chi connectivity index (χ1v) is 5.85. The van der Waals surface area contributed by atoms with Crippen LogP contribution in [0.5, 0.6) is 0 Å². The molecule has 0 aromatic heterocycles. The Morgan fingerprint density at radius 1 is 1.44 bits per heavy atom. The topological polar surface area (TPSA) is 87.7 Å². The van der Waals surface area contributed by atoms with Gasteiger partial charge < -0.3 is 16.3 Å². The van der Waals surface area contributed by atoms with Crippen LogP contribution in [0, 0.1) is 0 Å². The Labute approximate surface area is 97.1 Å². The number of amidine groups is 1. The molecule has 0 aromatic carbocycles. The molecule has 16 heavy (non-hydrogen) atoms. The fourth-order valence-corrected chi connectivity index (χ4v) is 1.48. The third kappa shape index (κ3) is 8.08. The molecule has 1 unspecified atom stereocenters. The Bertz CT molecular complexity index is 229. The van der Waals surface area contributed by atoms with E-state index in [0.29, 0.717) is 0 Å². The molecule has 5 nitrogen and oxygen atoms in total. The van der Waals surface area contributed by atoms with Gasteiger partial charge in [-0.05, 0) is 13.3 Å². The molecule has 0 rings (SSSR count). The van der Waals surface area contributed by atoms with Crippen LogP contribution in [-0.4, -0.2) is 23.0 Å². The van der Waals surface area contributed by atoms with Crippen molar-refractivity contribution in [3.8, 4) is 0 Å². The van der Waals surface area contributed by atoms with Gasteiger partial charge in [-0.25, -0.2) is 0 Å². The molecule has 0 fully saturated rings. The zero-order valence-electron chi connectivity index (χ0n) is 10.2. The number of hydrogen-bond acceptors (Lipinski definition) is 3. The average Bonchev–Trinajstić information content (AvgIpc) is 2.24. The number of nitrogens with zero attached hydrogens (tertiary/aromatic N) is 1. The third-order valence-corrected chi connectivity index (χ3v) is 2.37. The molecule has 0 heterocycles. The second-order valence-electron chi connectivity index (χ2n) is 4.09. The second-order valence-corrected chi connectivity index (χ2v) is 4.09. The van der Waals surface area contributed by atoms with Crippen LogP contribution in [0.1, 0.15) is 52.4 Å². The van der Waals surface area contributed by atoms with Gasteiger partial charge in [-0.2, -0.15) is 0 Å². The van der Waals surface area contributed by atoms with Crippen LogP contribution in [0.3, 0.4) is 0 Å². The van der Waals surface area contributed by atoms with E-state index in [-0.39, 0.29) is 24.2 Å². The highest BCUT2D eigenvalue weighted by Crippen LogP contribution is 2.05. The molecule has 1 amide bonds. The summed E-state index contributed by atoms with van der Waals surface area (Å²) in [6.45, 7) is 4.14. The SMILES string of the molecule is CCCCCCC(C)NC(=O)C/C(N)=N/O. The number of unbranched alkanes of at least 4 members (excludes halogenated alkanes) is 3. The van der Waals surface area contributed by atoms with Gasteiger partial charge in [0.05, 0.1) is 6.42 Å². The molecule has 94 valence electrons. The van der Waals surface area contributed by atoms with Crippen molar-refractivity contribution in [3.05, 3.63) is 0 Å². The molecule has 0 radical (unpaired) electrons. The van der Waals surface area contributed by atoms with Crippen LogP contribution < -0.4 is 11.1 Å². The molecule has 5 heteroatoms. The largest absolute Gasteiger partial charge is 0.409 e. The van der Waals surface area contributed by atoms with Crippen LogP contribution in [0.2, 0.25) is 0 Å². The summed E-state index contributed by atoms with van der Waals surface area (Å²) in [5.41, 5.74) is 5.23. The minimum atomic E-state index is -0.196. The minimum Gasteiger partial charge on any atom is -0.409 e. The smallest absolute Gasteiger partial charge is 0.227 e. The van der Waals surface area contributed by atoms with E-state index in [1.54, 1.807) is 0 Å². The van der Waals surface area contributed by atoms with Gasteiger partial charge in [0.15, 0.2) is 0 Å². The summed E-state index contributed by atoms with van der Waals surface area (Å²) in [5.74, 6) is -0.256. The Morgan fingerprint density at radius 3 is 2.69 bits per heavy atom. The van der Waals surface area contributed by atoms with Crippen molar-refractivity contribution in [3.63, 3.8) is 0 Å². The maximum absolute atomic E-state index is 11.3. The number of rotatable bonds is 8. The van der Waals surface area contributed by atoms with Gasteiger partial charge in [0.1, 0.15) is 5.84 Å². The van der Waals surface area contributed by atoms with Crippen molar-refractivity contribution in [2.75, 3.05) is 0 Å². The van der Waals surface area contributed by atoms with Crippen LogP contribution >= 0.6 is 0 Å². The lowest BCUT2D eigenvalue weighted by Gasteiger charge is -2.13. The predicted octanol–water partition coefficient (Wildman–Crippen LogP) is 1.60. The first-order chi connectivity index (χ1) is 7.60. The van der Waals surface area contributed by atoms with Gasteiger partial charge in [0.2, 0.25) is 5.91 Å². The normalized spacial score (nSPS) is 13.5. The van der Waals surface area contributed by atoms with E-state index in [1.807, 2.05) is 6.92 Å². The van der Waals surface area contributed by atoms with Gasteiger partial charge in [-0.1, -0.05) is 37.8 Å². The summed E-state index contributed by atoms with van der Waals surface area (Å²) >= 11 is 0. The van der Waals surface area contributed by atoms with Crippen LogP contribution in [0.4, 0.5) is 0 Å². The second kappa shape index (κ2) is 9.00. The molecular formula is C11H23N3O2. The van der Waals surface area contributed by atoms with E-state index in [2.05, 4.69) is 17.4 Å². The van der Waals surface area contributed by atoms with Crippen molar-refractivity contribution < 1.29 is 10.0 Å². The molecule has 0 saturated heterocycles. The molecule has 0 aliphatic rings. The monoisotopic (exact) mass is 229 g/mol. The molecule has 0 aromatic rings. The quantitative estimate of drug-likeness (QED) is 0.194. The Balaban J connectivity index is 3.62. The fourth-order valence-electron chi connectivity index (χ4n) is 1.48. The Morgan fingerprint density at radius 2 is 2.12 bits per heavy atom. The van der Waals surface area contributed by atoms with Crippen LogP contribution in [0.25, 0.3) is 0 Å². The van der Waals surface area contributed by atoms with E-state index in [1.165, 1.54) is 19.3 Å². The van der Waals surface area contributed by atoms with Crippen LogP contribution in [-0.2, 0) is 4.79 Å². The molecule has 4 N–H and O–H groups in total. The Kier molecular flexibility index (Phi) is 8.29. The number of hydrogen-bond donors (Lipinski definition) is 3. The first-order valence-electron chi connectivity index (χ1n) is 5.85.